The van der Waals surface area contributed by atoms with Crippen LogP contribution < -0.4 is 16.1 Å². The van der Waals surface area contributed by atoms with Crippen molar-refractivity contribution in [3.8, 4) is 0 Å². The van der Waals surface area contributed by atoms with Crippen LogP contribution >= 0.6 is 0 Å². The molecule has 1 amide bonds. The van der Waals surface area contributed by atoms with Crippen molar-refractivity contribution < 1.29 is 23.5 Å². The number of carbonyl (C=O) groups is 1. The highest BCUT2D eigenvalue weighted by molar-refractivity contribution is 6.04. The summed E-state index contributed by atoms with van der Waals surface area (Å²) in [6.07, 6.45) is 2.81. The topological polar surface area (TPSA) is 118 Å². The number of aromatic nitrogens is 3. The van der Waals surface area contributed by atoms with Gasteiger partial charge in [-0.15, -0.1) is 5.10 Å². The molecule has 32 heavy (non-hydrogen) atoms. The number of nitrogens with one attached hydrogen (secondary N) is 1. The van der Waals surface area contributed by atoms with E-state index in [4.69, 9.17) is 10.6 Å². The maximum atomic E-state index is 14.4. The van der Waals surface area contributed by atoms with E-state index in [1.807, 2.05) is 4.90 Å². The van der Waals surface area contributed by atoms with Gasteiger partial charge in [0.15, 0.2) is 5.82 Å². The first-order valence-corrected chi connectivity index (χ1v) is 10.1. The van der Waals surface area contributed by atoms with Gasteiger partial charge in [0.2, 0.25) is 0 Å². The van der Waals surface area contributed by atoms with Crippen molar-refractivity contribution >= 4 is 23.1 Å². The van der Waals surface area contributed by atoms with Crippen molar-refractivity contribution in [1.82, 2.24) is 20.1 Å². The monoisotopic (exact) mass is 446 g/mol. The van der Waals surface area contributed by atoms with Gasteiger partial charge in [-0.2, -0.15) is 0 Å². The van der Waals surface area contributed by atoms with Crippen LogP contribution in [0.25, 0.3) is 5.52 Å². The van der Waals surface area contributed by atoms with Crippen LogP contribution in [0.15, 0.2) is 30.6 Å². The third kappa shape index (κ3) is 4.08. The lowest BCUT2D eigenvalue weighted by atomic mass is 10.0. The normalized spacial score (nSPS) is 16.7. The van der Waals surface area contributed by atoms with Crippen molar-refractivity contribution in [2.45, 2.75) is 38.3 Å². The first kappa shape index (κ1) is 21.9. The third-order valence-electron chi connectivity index (χ3n) is 5.43. The lowest BCUT2D eigenvalue weighted by Gasteiger charge is -2.26. The second-order valence-corrected chi connectivity index (χ2v) is 8.31. The fourth-order valence-corrected chi connectivity index (χ4v) is 3.76. The lowest BCUT2D eigenvalue weighted by Crippen LogP contribution is -2.38. The summed E-state index contributed by atoms with van der Waals surface area (Å²) < 4.78 is 29.5. The number of anilines is 2. The molecule has 11 heteroatoms. The van der Waals surface area contributed by atoms with Crippen LogP contribution in [0.4, 0.5) is 20.4 Å². The number of benzene rings is 1. The largest absolute Gasteiger partial charge is 0.393 e. The molecule has 0 spiro atoms. The Morgan fingerprint density at radius 3 is 2.91 bits per heavy atom. The second kappa shape index (κ2) is 8.32. The maximum absolute atomic E-state index is 14.4. The van der Waals surface area contributed by atoms with Crippen molar-refractivity contribution in [3.63, 3.8) is 0 Å². The van der Waals surface area contributed by atoms with E-state index in [2.05, 4.69) is 15.6 Å². The van der Waals surface area contributed by atoms with Gasteiger partial charge >= 0.3 is 0 Å². The van der Waals surface area contributed by atoms with Crippen LogP contribution in [-0.2, 0) is 4.84 Å². The summed E-state index contributed by atoms with van der Waals surface area (Å²) in [6, 6.07) is 4.64. The van der Waals surface area contributed by atoms with Gasteiger partial charge < -0.3 is 15.7 Å². The summed E-state index contributed by atoms with van der Waals surface area (Å²) in [5.74, 6) is -1.17. The number of hydroxylamine groups is 1. The fourth-order valence-electron chi connectivity index (χ4n) is 3.76. The molecule has 0 aliphatic carbocycles. The molecule has 0 bridgehead atoms. The van der Waals surface area contributed by atoms with E-state index in [0.717, 1.165) is 18.6 Å². The minimum absolute atomic E-state index is 0.0269. The quantitative estimate of drug-likeness (QED) is 0.498. The average Bonchev–Trinajstić information content (AvgIpc) is 3.37. The molecule has 2 aromatic heterocycles. The van der Waals surface area contributed by atoms with Crippen LogP contribution in [0.1, 0.15) is 48.7 Å². The Kier molecular flexibility index (Phi) is 5.70. The molecular formula is C21H24F2N6O3. The van der Waals surface area contributed by atoms with E-state index < -0.39 is 29.2 Å². The summed E-state index contributed by atoms with van der Waals surface area (Å²) in [5, 5.41) is 13.4. The molecule has 1 saturated heterocycles. The summed E-state index contributed by atoms with van der Waals surface area (Å²) in [6.45, 7) is 3.49. The molecule has 3 heterocycles. The molecule has 1 unspecified atom stereocenters. The van der Waals surface area contributed by atoms with E-state index in [0.29, 0.717) is 24.3 Å². The minimum atomic E-state index is -0.988. The highest BCUT2D eigenvalue weighted by Gasteiger charge is 2.31. The maximum Gasteiger partial charge on any atom is 0.280 e. The van der Waals surface area contributed by atoms with Gasteiger partial charge in [-0.1, -0.05) is 0 Å². The van der Waals surface area contributed by atoms with E-state index in [-0.39, 0.29) is 23.6 Å². The number of nitrogen functional groups attached to an aromatic ring is 1. The van der Waals surface area contributed by atoms with Crippen molar-refractivity contribution in [3.05, 3.63) is 53.4 Å². The molecule has 1 atom stereocenters. The zero-order valence-corrected chi connectivity index (χ0v) is 17.7. The van der Waals surface area contributed by atoms with Gasteiger partial charge in [0.05, 0.1) is 18.2 Å². The number of halogens is 2. The Morgan fingerprint density at radius 1 is 1.38 bits per heavy atom. The molecule has 0 radical (unpaired) electrons. The van der Waals surface area contributed by atoms with Crippen molar-refractivity contribution in [2.24, 2.45) is 0 Å². The third-order valence-corrected chi connectivity index (χ3v) is 5.43. The summed E-state index contributed by atoms with van der Waals surface area (Å²) in [7, 11) is 0. The first-order valence-electron chi connectivity index (χ1n) is 10.1. The number of hydrogen-bond acceptors (Lipinski definition) is 7. The number of rotatable bonds is 6. The summed E-state index contributed by atoms with van der Waals surface area (Å²) >= 11 is 0. The first-order chi connectivity index (χ1) is 15.2. The number of aliphatic hydroxyl groups is 1. The van der Waals surface area contributed by atoms with Gasteiger partial charge in [-0.3, -0.25) is 9.63 Å². The Labute approximate surface area is 182 Å². The molecular weight excluding hydrogens is 422 g/mol. The number of hydrogen-bond donors (Lipinski definition) is 3. The minimum Gasteiger partial charge on any atom is -0.393 e. The SMILES string of the molecule is CC(C)(CO)ONC(=O)c1c(N)nn2cnc(N3CCCC3c3cc(F)ccc3F)cc12. The number of amides is 1. The van der Waals surface area contributed by atoms with Gasteiger partial charge in [-0.05, 0) is 44.9 Å². The van der Waals surface area contributed by atoms with Crippen molar-refractivity contribution in [1.29, 1.82) is 0 Å². The molecule has 4 rings (SSSR count). The second-order valence-electron chi connectivity index (χ2n) is 8.31. The summed E-state index contributed by atoms with van der Waals surface area (Å²) in [4.78, 5) is 24.2. The van der Waals surface area contributed by atoms with Gasteiger partial charge in [0, 0.05) is 18.2 Å². The average molecular weight is 446 g/mol. The molecule has 0 saturated carbocycles. The number of nitrogens with two attached hydrogens (primary N) is 1. The molecule has 1 aliphatic rings. The fraction of sp³-hybridized carbons (Fsp3) is 0.381. The molecule has 1 fully saturated rings. The number of carbonyl (C=O) groups excluding carboxylic acids is 1. The summed E-state index contributed by atoms with van der Waals surface area (Å²) in [5.41, 5.74) is 7.97. The molecule has 9 nitrogen and oxygen atoms in total. The van der Waals surface area contributed by atoms with E-state index in [9.17, 15) is 18.7 Å². The smallest absolute Gasteiger partial charge is 0.280 e. The van der Waals surface area contributed by atoms with Gasteiger partial charge in [-0.25, -0.2) is 23.8 Å². The molecule has 1 aromatic carbocycles. The van der Waals surface area contributed by atoms with Gasteiger partial charge in [0.1, 0.15) is 34.9 Å². The Bertz CT molecular complexity index is 1170. The number of aliphatic hydroxyl groups excluding tert-OH is 1. The van der Waals surface area contributed by atoms with E-state index in [1.165, 1.54) is 16.9 Å². The number of nitrogens with zero attached hydrogens (tertiary/aromatic N) is 4. The van der Waals surface area contributed by atoms with Gasteiger partial charge in [0.25, 0.3) is 5.91 Å². The Balaban J connectivity index is 1.68. The highest BCUT2D eigenvalue weighted by Crippen LogP contribution is 2.37. The van der Waals surface area contributed by atoms with Crippen LogP contribution in [0.5, 0.6) is 0 Å². The van der Waals surface area contributed by atoms with E-state index in [1.54, 1.807) is 19.9 Å². The Morgan fingerprint density at radius 2 is 2.16 bits per heavy atom. The van der Waals surface area contributed by atoms with E-state index >= 15 is 0 Å². The Hall–Kier alpha value is -3.31. The zero-order chi connectivity index (χ0) is 23.0. The lowest BCUT2D eigenvalue weighted by molar-refractivity contribution is -0.0955. The zero-order valence-electron chi connectivity index (χ0n) is 17.7. The number of fused-ring (bicyclic) bond motifs is 1. The van der Waals surface area contributed by atoms with Crippen LogP contribution in [-0.4, -0.2) is 44.4 Å². The molecule has 1 aliphatic heterocycles. The predicted octanol–water partition coefficient (Wildman–Crippen LogP) is 2.36. The van der Waals surface area contributed by atoms with Crippen molar-refractivity contribution in [2.75, 3.05) is 23.8 Å². The van der Waals surface area contributed by atoms with Crippen LogP contribution in [0.2, 0.25) is 0 Å². The predicted molar refractivity (Wildman–Crippen MR) is 113 cm³/mol. The van der Waals surface area contributed by atoms with Crippen LogP contribution in [0.3, 0.4) is 0 Å². The molecule has 4 N–H and O–H groups in total. The molecule has 3 aromatic rings. The van der Waals surface area contributed by atoms with Crippen LogP contribution in [0, 0.1) is 11.6 Å². The standard InChI is InChI=1S/C21H24F2N6O3/c1-21(2,10-30)32-27-20(31)18-16-9-17(25-11-29(16)26-19(18)24)28-7-3-4-15(28)13-8-12(22)5-6-14(13)23/h5-6,8-9,11,15,30H,3-4,7,10H2,1-2H3,(H2,24,26)(H,27,31). The highest BCUT2D eigenvalue weighted by atomic mass is 19.1. The molecule has 170 valence electrons.